The highest BCUT2D eigenvalue weighted by Crippen LogP contribution is 2.19. The number of rotatable bonds is 4. The molecule has 0 aromatic carbocycles. The Morgan fingerprint density at radius 1 is 1.40 bits per heavy atom. The molecule has 2 rings (SSSR count). The highest BCUT2D eigenvalue weighted by Gasteiger charge is 2.23. The molecule has 0 spiro atoms. The predicted octanol–water partition coefficient (Wildman–Crippen LogP) is 0.815. The lowest BCUT2D eigenvalue weighted by atomic mass is 10.3. The molecule has 0 unspecified atom stereocenters. The van der Waals surface area contributed by atoms with E-state index in [0.717, 1.165) is 24.4 Å². The van der Waals surface area contributed by atoms with Crippen molar-refractivity contribution in [2.75, 3.05) is 32.7 Å². The van der Waals surface area contributed by atoms with Gasteiger partial charge in [0.15, 0.2) is 5.84 Å². The van der Waals surface area contributed by atoms with Crippen LogP contribution in [0.25, 0.3) is 0 Å². The number of thiophene rings is 1. The van der Waals surface area contributed by atoms with Crippen LogP contribution in [0.15, 0.2) is 17.3 Å². The summed E-state index contributed by atoms with van der Waals surface area (Å²) in [7, 11) is 0. The zero-order valence-corrected chi connectivity index (χ0v) is 12.4. The van der Waals surface area contributed by atoms with Crippen LogP contribution in [0.3, 0.4) is 0 Å². The Kier molecular flexibility index (Phi) is 4.97. The highest BCUT2D eigenvalue weighted by atomic mass is 32.1. The van der Waals surface area contributed by atoms with Gasteiger partial charge in [-0.05, 0) is 18.6 Å². The number of carbonyl (C=O) groups excluding carboxylic acids is 1. The van der Waals surface area contributed by atoms with Crippen molar-refractivity contribution in [2.45, 2.75) is 13.3 Å². The molecule has 1 aliphatic heterocycles. The molecule has 20 heavy (non-hydrogen) atoms. The quantitative estimate of drug-likeness (QED) is 0.373. The summed E-state index contributed by atoms with van der Waals surface area (Å²) >= 11 is 1.57. The van der Waals surface area contributed by atoms with E-state index in [1.807, 2.05) is 17.0 Å². The summed E-state index contributed by atoms with van der Waals surface area (Å²) in [6.07, 6.45) is 0.964. The third kappa shape index (κ3) is 3.49. The van der Waals surface area contributed by atoms with Crippen molar-refractivity contribution in [3.63, 3.8) is 0 Å². The molecule has 0 bridgehead atoms. The first kappa shape index (κ1) is 14.8. The molecule has 1 saturated heterocycles. The van der Waals surface area contributed by atoms with Crippen LogP contribution < -0.4 is 5.73 Å². The Hall–Kier alpha value is -1.60. The zero-order chi connectivity index (χ0) is 14.5. The molecular formula is C13H20N4O2S. The number of piperazine rings is 1. The summed E-state index contributed by atoms with van der Waals surface area (Å²) in [5.74, 6) is 0.314. The lowest BCUT2D eigenvalue weighted by molar-refractivity contribution is 0.0658. The van der Waals surface area contributed by atoms with Crippen LogP contribution in [0.2, 0.25) is 0 Å². The molecule has 0 radical (unpaired) electrons. The molecule has 110 valence electrons. The van der Waals surface area contributed by atoms with Crippen molar-refractivity contribution in [3.05, 3.63) is 21.9 Å². The van der Waals surface area contributed by atoms with Gasteiger partial charge in [0.2, 0.25) is 0 Å². The third-order valence-electron chi connectivity index (χ3n) is 3.39. The number of nitrogens with zero attached hydrogens (tertiary/aromatic N) is 3. The Bertz CT molecular complexity index is 492. The number of amidine groups is 1. The van der Waals surface area contributed by atoms with E-state index < -0.39 is 0 Å². The fourth-order valence-corrected chi connectivity index (χ4v) is 3.12. The molecule has 0 atom stereocenters. The molecule has 6 nitrogen and oxygen atoms in total. The van der Waals surface area contributed by atoms with Crippen molar-refractivity contribution in [1.29, 1.82) is 0 Å². The highest BCUT2D eigenvalue weighted by molar-refractivity contribution is 7.14. The molecule has 7 heteroatoms. The lowest BCUT2D eigenvalue weighted by Crippen LogP contribution is -2.50. The number of oxime groups is 1. The van der Waals surface area contributed by atoms with Gasteiger partial charge in [-0.2, -0.15) is 0 Å². The van der Waals surface area contributed by atoms with E-state index in [1.54, 1.807) is 11.3 Å². The summed E-state index contributed by atoms with van der Waals surface area (Å²) in [5, 5.41) is 11.5. The van der Waals surface area contributed by atoms with E-state index >= 15 is 0 Å². The van der Waals surface area contributed by atoms with Gasteiger partial charge < -0.3 is 15.8 Å². The number of carbonyl (C=O) groups is 1. The second-order valence-corrected chi connectivity index (χ2v) is 5.95. The zero-order valence-electron chi connectivity index (χ0n) is 11.6. The van der Waals surface area contributed by atoms with Crippen LogP contribution in [-0.2, 0) is 6.42 Å². The molecule has 1 aromatic rings. The van der Waals surface area contributed by atoms with Gasteiger partial charge in [0.25, 0.3) is 5.91 Å². The first-order valence-electron chi connectivity index (χ1n) is 6.70. The van der Waals surface area contributed by atoms with E-state index in [2.05, 4.69) is 17.0 Å². The number of aryl methyl sites for hydroxylation is 1. The number of amides is 1. The maximum absolute atomic E-state index is 12.3. The molecule has 2 heterocycles. The number of hydrogen-bond donors (Lipinski definition) is 2. The van der Waals surface area contributed by atoms with Crippen molar-refractivity contribution in [2.24, 2.45) is 10.9 Å². The monoisotopic (exact) mass is 296 g/mol. The van der Waals surface area contributed by atoms with Crippen LogP contribution in [0.5, 0.6) is 0 Å². The largest absolute Gasteiger partial charge is 0.409 e. The summed E-state index contributed by atoms with van der Waals surface area (Å²) in [4.78, 5) is 18.3. The third-order valence-corrected chi connectivity index (χ3v) is 4.61. The van der Waals surface area contributed by atoms with Gasteiger partial charge in [0, 0.05) is 31.1 Å². The lowest BCUT2D eigenvalue weighted by Gasteiger charge is -2.34. The van der Waals surface area contributed by atoms with Gasteiger partial charge >= 0.3 is 0 Å². The maximum atomic E-state index is 12.3. The van der Waals surface area contributed by atoms with Gasteiger partial charge in [-0.3, -0.25) is 9.69 Å². The fourth-order valence-electron chi connectivity index (χ4n) is 2.21. The maximum Gasteiger partial charge on any atom is 0.264 e. The molecule has 0 aliphatic carbocycles. The van der Waals surface area contributed by atoms with E-state index in [0.29, 0.717) is 19.6 Å². The minimum absolute atomic E-state index is 0.109. The summed E-state index contributed by atoms with van der Waals surface area (Å²) in [6, 6.07) is 3.93. The van der Waals surface area contributed by atoms with E-state index in [4.69, 9.17) is 10.9 Å². The fraction of sp³-hybridized carbons (Fsp3) is 0.538. The smallest absolute Gasteiger partial charge is 0.264 e. The van der Waals surface area contributed by atoms with E-state index in [-0.39, 0.29) is 11.7 Å². The van der Waals surface area contributed by atoms with Crippen molar-refractivity contribution in [3.8, 4) is 0 Å². The topological polar surface area (TPSA) is 82.2 Å². The molecule has 1 aliphatic rings. The van der Waals surface area contributed by atoms with Crippen LogP contribution in [0.1, 0.15) is 21.5 Å². The molecular weight excluding hydrogens is 276 g/mol. The van der Waals surface area contributed by atoms with Crippen molar-refractivity contribution in [1.82, 2.24) is 9.80 Å². The van der Waals surface area contributed by atoms with Crippen molar-refractivity contribution >= 4 is 23.1 Å². The SMILES string of the molecule is CCc1ccc(C(=O)N2CCN(CC(N)=NO)CC2)s1. The minimum atomic E-state index is 0.109. The first-order chi connectivity index (χ1) is 9.63. The van der Waals surface area contributed by atoms with E-state index in [9.17, 15) is 4.79 Å². The normalized spacial score (nSPS) is 17.4. The van der Waals surface area contributed by atoms with Crippen LogP contribution in [0.4, 0.5) is 0 Å². The Morgan fingerprint density at radius 2 is 2.10 bits per heavy atom. The van der Waals surface area contributed by atoms with Gasteiger partial charge in [0.1, 0.15) is 0 Å². The van der Waals surface area contributed by atoms with Crippen LogP contribution in [0, 0.1) is 0 Å². The minimum Gasteiger partial charge on any atom is -0.409 e. The van der Waals surface area contributed by atoms with Gasteiger partial charge in [-0.1, -0.05) is 12.1 Å². The average Bonchev–Trinajstić information content (AvgIpc) is 2.96. The second kappa shape index (κ2) is 6.71. The summed E-state index contributed by atoms with van der Waals surface area (Å²) in [6.45, 7) is 5.37. The molecule has 1 aromatic heterocycles. The van der Waals surface area contributed by atoms with Crippen LogP contribution >= 0.6 is 11.3 Å². The van der Waals surface area contributed by atoms with Crippen LogP contribution in [-0.4, -0.2) is 59.5 Å². The Balaban J connectivity index is 1.88. The first-order valence-corrected chi connectivity index (χ1v) is 7.52. The van der Waals surface area contributed by atoms with Gasteiger partial charge in [0.05, 0.1) is 11.4 Å². The molecule has 3 N–H and O–H groups in total. The average molecular weight is 296 g/mol. The number of hydrogen-bond acceptors (Lipinski definition) is 5. The van der Waals surface area contributed by atoms with Gasteiger partial charge in [-0.15, -0.1) is 11.3 Å². The number of nitrogens with two attached hydrogens (primary N) is 1. The molecule has 1 fully saturated rings. The Morgan fingerprint density at radius 3 is 2.65 bits per heavy atom. The summed E-state index contributed by atoms with van der Waals surface area (Å²) in [5.41, 5.74) is 5.49. The van der Waals surface area contributed by atoms with E-state index in [1.165, 1.54) is 4.88 Å². The molecule has 0 saturated carbocycles. The molecule has 1 amide bonds. The second-order valence-electron chi connectivity index (χ2n) is 4.78. The summed E-state index contributed by atoms with van der Waals surface area (Å²) < 4.78 is 0. The van der Waals surface area contributed by atoms with Gasteiger partial charge in [-0.25, -0.2) is 0 Å². The standard InChI is InChI=1S/C13H20N4O2S/c1-2-10-3-4-11(20-10)13(18)17-7-5-16(6-8-17)9-12(14)15-19/h3-4,19H,2,5-9H2,1H3,(H2,14,15). The Labute approximate surface area is 122 Å². The van der Waals surface area contributed by atoms with Crippen molar-refractivity contribution < 1.29 is 10.0 Å². The predicted molar refractivity (Wildman–Crippen MR) is 79.4 cm³/mol.